The van der Waals surface area contributed by atoms with Gasteiger partial charge in [0.25, 0.3) is 0 Å². The number of carbonyl (C=O) groups excluding carboxylic acids is 1. The second kappa shape index (κ2) is 6.91. The maximum atomic E-state index is 11.0. The van der Waals surface area contributed by atoms with Crippen molar-refractivity contribution in [2.24, 2.45) is 5.10 Å². The molecule has 0 aromatic heterocycles. The fourth-order valence-electron chi connectivity index (χ4n) is 1.82. The number of hydrazone groups is 1. The number of esters is 1. The highest BCUT2D eigenvalue weighted by atomic mass is 16.6. The van der Waals surface area contributed by atoms with Gasteiger partial charge in [-0.25, -0.2) is 0 Å². The Morgan fingerprint density at radius 3 is 2.75 bits per heavy atom. The summed E-state index contributed by atoms with van der Waals surface area (Å²) in [4.78, 5) is 11.0. The molecule has 0 N–H and O–H groups in total. The molecule has 1 aromatic carbocycles. The zero-order valence-corrected chi connectivity index (χ0v) is 11.7. The fraction of sp³-hybridized carbons (Fsp3) is 0.429. The molecule has 6 heteroatoms. The maximum absolute atomic E-state index is 11.0. The molecule has 1 heterocycles. The standard InChI is InChI=1S/C14H18N2O4/c1-11(17)20-13-4-3-12(9-14(13)18-2)10-15-16-5-7-19-8-6-16/h3-4,9-10H,5-8H2,1-2H3/b15-10-. The number of carbonyl (C=O) groups is 1. The summed E-state index contributed by atoms with van der Waals surface area (Å²) in [6, 6.07) is 5.30. The number of hydrogen-bond donors (Lipinski definition) is 0. The van der Waals surface area contributed by atoms with Crippen LogP contribution in [0.5, 0.6) is 11.5 Å². The van der Waals surface area contributed by atoms with Crippen LogP contribution in [-0.2, 0) is 9.53 Å². The van der Waals surface area contributed by atoms with Gasteiger partial charge in [0, 0.05) is 6.92 Å². The summed E-state index contributed by atoms with van der Waals surface area (Å²) in [6.45, 7) is 4.34. The Balaban J connectivity index is 2.08. The van der Waals surface area contributed by atoms with E-state index in [1.807, 2.05) is 11.1 Å². The normalized spacial score (nSPS) is 15.4. The molecule has 0 saturated carbocycles. The van der Waals surface area contributed by atoms with Gasteiger partial charge in [-0.1, -0.05) is 0 Å². The van der Waals surface area contributed by atoms with Crippen molar-refractivity contribution >= 4 is 12.2 Å². The molecule has 1 aromatic rings. The molecule has 0 radical (unpaired) electrons. The van der Waals surface area contributed by atoms with Gasteiger partial charge >= 0.3 is 5.97 Å². The molecule has 1 aliphatic rings. The molecular formula is C14H18N2O4. The van der Waals surface area contributed by atoms with Gasteiger partial charge in [-0.3, -0.25) is 9.80 Å². The first-order valence-electron chi connectivity index (χ1n) is 6.42. The predicted molar refractivity (Wildman–Crippen MR) is 74.3 cm³/mol. The van der Waals surface area contributed by atoms with Crippen molar-refractivity contribution in [3.63, 3.8) is 0 Å². The zero-order chi connectivity index (χ0) is 14.4. The molecule has 0 unspecified atom stereocenters. The Morgan fingerprint density at radius 2 is 2.10 bits per heavy atom. The van der Waals surface area contributed by atoms with E-state index in [-0.39, 0.29) is 5.97 Å². The van der Waals surface area contributed by atoms with Gasteiger partial charge in [-0.05, 0) is 23.8 Å². The number of hydrogen-bond acceptors (Lipinski definition) is 6. The number of benzene rings is 1. The highest BCUT2D eigenvalue weighted by Gasteiger charge is 2.09. The average Bonchev–Trinajstić information content (AvgIpc) is 2.46. The van der Waals surface area contributed by atoms with E-state index in [2.05, 4.69) is 5.10 Å². The lowest BCUT2D eigenvalue weighted by Crippen LogP contribution is -2.32. The molecule has 108 valence electrons. The van der Waals surface area contributed by atoms with E-state index in [4.69, 9.17) is 14.2 Å². The van der Waals surface area contributed by atoms with Crippen LogP contribution in [0.3, 0.4) is 0 Å². The molecule has 20 heavy (non-hydrogen) atoms. The second-order valence-electron chi connectivity index (χ2n) is 4.31. The molecule has 2 rings (SSSR count). The minimum atomic E-state index is -0.377. The smallest absolute Gasteiger partial charge is 0.308 e. The lowest BCUT2D eigenvalue weighted by Gasteiger charge is -2.23. The first-order chi connectivity index (χ1) is 9.69. The molecule has 0 aliphatic carbocycles. The maximum Gasteiger partial charge on any atom is 0.308 e. The van der Waals surface area contributed by atoms with Crippen LogP contribution in [0.2, 0.25) is 0 Å². The Hall–Kier alpha value is -2.08. The van der Waals surface area contributed by atoms with Crippen molar-refractivity contribution in [1.29, 1.82) is 0 Å². The SMILES string of the molecule is COc1cc(/C=N\N2CCOCC2)ccc1OC(C)=O. The summed E-state index contributed by atoms with van der Waals surface area (Å²) in [5, 5.41) is 6.34. The Kier molecular flexibility index (Phi) is 4.95. The third kappa shape index (κ3) is 3.96. The van der Waals surface area contributed by atoms with Gasteiger partial charge in [0.15, 0.2) is 11.5 Å². The van der Waals surface area contributed by atoms with Crippen molar-refractivity contribution < 1.29 is 19.0 Å². The van der Waals surface area contributed by atoms with E-state index in [0.717, 1.165) is 18.7 Å². The fourth-order valence-corrected chi connectivity index (χ4v) is 1.82. The van der Waals surface area contributed by atoms with Crippen molar-refractivity contribution in [2.45, 2.75) is 6.92 Å². The highest BCUT2D eigenvalue weighted by molar-refractivity contribution is 5.81. The predicted octanol–water partition coefficient (Wildman–Crippen LogP) is 1.29. The molecule has 0 amide bonds. The average molecular weight is 278 g/mol. The van der Waals surface area contributed by atoms with Crippen LogP contribution in [0.1, 0.15) is 12.5 Å². The lowest BCUT2D eigenvalue weighted by molar-refractivity contribution is -0.132. The number of morpholine rings is 1. The minimum Gasteiger partial charge on any atom is -0.493 e. The lowest BCUT2D eigenvalue weighted by atomic mass is 10.2. The van der Waals surface area contributed by atoms with Crippen molar-refractivity contribution in [3.8, 4) is 11.5 Å². The van der Waals surface area contributed by atoms with Crippen LogP contribution in [0.4, 0.5) is 0 Å². The Labute approximate surface area is 117 Å². The quantitative estimate of drug-likeness (QED) is 0.472. The molecule has 0 spiro atoms. The van der Waals surface area contributed by atoms with Crippen molar-refractivity contribution in [1.82, 2.24) is 5.01 Å². The van der Waals surface area contributed by atoms with E-state index in [0.29, 0.717) is 24.7 Å². The van der Waals surface area contributed by atoms with Gasteiger partial charge in [-0.2, -0.15) is 5.10 Å². The van der Waals surface area contributed by atoms with Crippen LogP contribution in [-0.4, -0.2) is 50.6 Å². The van der Waals surface area contributed by atoms with Crippen molar-refractivity contribution in [3.05, 3.63) is 23.8 Å². The summed E-state index contributed by atoms with van der Waals surface area (Å²) in [5.41, 5.74) is 0.879. The first-order valence-corrected chi connectivity index (χ1v) is 6.42. The van der Waals surface area contributed by atoms with E-state index in [9.17, 15) is 4.79 Å². The van der Waals surface area contributed by atoms with E-state index >= 15 is 0 Å². The van der Waals surface area contributed by atoms with Gasteiger partial charge in [0.05, 0.1) is 39.6 Å². The molecule has 0 bridgehead atoms. The third-order valence-corrected chi connectivity index (χ3v) is 2.80. The third-order valence-electron chi connectivity index (χ3n) is 2.80. The van der Waals surface area contributed by atoms with E-state index < -0.39 is 0 Å². The van der Waals surface area contributed by atoms with Crippen LogP contribution in [0, 0.1) is 0 Å². The number of methoxy groups -OCH3 is 1. The van der Waals surface area contributed by atoms with Crippen LogP contribution in [0.25, 0.3) is 0 Å². The van der Waals surface area contributed by atoms with Gasteiger partial charge in [0.1, 0.15) is 0 Å². The number of nitrogens with zero attached hydrogens (tertiary/aromatic N) is 2. The van der Waals surface area contributed by atoms with E-state index in [1.165, 1.54) is 14.0 Å². The molecule has 6 nitrogen and oxygen atoms in total. The summed E-state index contributed by atoms with van der Waals surface area (Å²) in [6.07, 6.45) is 1.76. The van der Waals surface area contributed by atoms with Gasteiger partial charge < -0.3 is 14.2 Å². The van der Waals surface area contributed by atoms with Gasteiger partial charge in [-0.15, -0.1) is 0 Å². The summed E-state index contributed by atoms with van der Waals surface area (Å²) < 4.78 is 15.5. The minimum absolute atomic E-state index is 0.377. The molecule has 0 atom stereocenters. The van der Waals surface area contributed by atoms with Gasteiger partial charge in [0.2, 0.25) is 0 Å². The topological polar surface area (TPSA) is 60.4 Å². The van der Waals surface area contributed by atoms with Crippen molar-refractivity contribution in [2.75, 3.05) is 33.4 Å². The Morgan fingerprint density at radius 1 is 1.35 bits per heavy atom. The summed E-state index contributed by atoms with van der Waals surface area (Å²) in [5.74, 6) is 0.535. The summed E-state index contributed by atoms with van der Waals surface area (Å²) >= 11 is 0. The molecular weight excluding hydrogens is 260 g/mol. The van der Waals surface area contributed by atoms with E-state index in [1.54, 1.807) is 18.3 Å². The van der Waals surface area contributed by atoms with Crippen LogP contribution in [0.15, 0.2) is 23.3 Å². The monoisotopic (exact) mass is 278 g/mol. The first kappa shape index (κ1) is 14.3. The number of rotatable bonds is 4. The number of ether oxygens (including phenoxy) is 3. The molecule has 1 fully saturated rings. The highest BCUT2D eigenvalue weighted by Crippen LogP contribution is 2.27. The van der Waals surface area contributed by atoms with Crippen LogP contribution < -0.4 is 9.47 Å². The zero-order valence-electron chi connectivity index (χ0n) is 11.7. The summed E-state index contributed by atoms with van der Waals surface area (Å²) in [7, 11) is 1.53. The molecule has 1 aliphatic heterocycles. The molecule has 1 saturated heterocycles. The largest absolute Gasteiger partial charge is 0.493 e. The van der Waals surface area contributed by atoms with Crippen LogP contribution >= 0.6 is 0 Å². The Bertz CT molecular complexity index is 496. The second-order valence-corrected chi connectivity index (χ2v) is 4.31.